The number of hydrogen-bond donors (Lipinski definition) is 0. The van der Waals surface area contributed by atoms with Crippen molar-refractivity contribution in [1.82, 2.24) is 9.88 Å². The highest BCUT2D eigenvalue weighted by Gasteiger charge is 2.41. The van der Waals surface area contributed by atoms with Gasteiger partial charge in [0.05, 0.1) is 24.4 Å². The molecule has 1 aliphatic heterocycles. The first-order valence-electron chi connectivity index (χ1n) is 7.85. The summed E-state index contributed by atoms with van der Waals surface area (Å²) in [7, 11) is 0. The Balaban J connectivity index is 1.93. The van der Waals surface area contributed by atoms with Crippen LogP contribution in [0.3, 0.4) is 0 Å². The van der Waals surface area contributed by atoms with Crippen molar-refractivity contribution >= 4 is 6.09 Å². The minimum absolute atomic E-state index is 0.260. The summed E-state index contributed by atoms with van der Waals surface area (Å²) in [5, 5.41) is 0. The average molecular weight is 306 g/mol. The Bertz CT molecular complexity index is 498. The Kier molecular flexibility index (Phi) is 5.06. The largest absolute Gasteiger partial charge is 0.444 e. The molecule has 1 amide bonds. The van der Waals surface area contributed by atoms with Gasteiger partial charge in [-0.05, 0) is 45.7 Å². The molecule has 0 bridgehead atoms. The fraction of sp³-hybridized carbons (Fsp3) is 0.647. The topological polar surface area (TPSA) is 51.7 Å². The van der Waals surface area contributed by atoms with Crippen molar-refractivity contribution in [3.8, 4) is 0 Å². The molecular weight excluding hydrogens is 280 g/mol. The maximum absolute atomic E-state index is 12.2. The van der Waals surface area contributed by atoms with E-state index in [-0.39, 0.29) is 11.7 Å². The zero-order valence-electron chi connectivity index (χ0n) is 14.0. The average Bonchev–Trinajstić information content (AvgIpc) is 2.90. The number of carbonyl (C=O) groups excluding carboxylic acids is 1. The molecule has 1 unspecified atom stereocenters. The summed E-state index contributed by atoms with van der Waals surface area (Å²) >= 11 is 0. The third kappa shape index (κ3) is 4.44. The van der Waals surface area contributed by atoms with Crippen molar-refractivity contribution in [2.45, 2.75) is 58.3 Å². The van der Waals surface area contributed by atoms with Gasteiger partial charge in [-0.2, -0.15) is 0 Å². The minimum atomic E-state index is -0.469. The monoisotopic (exact) mass is 306 g/mol. The van der Waals surface area contributed by atoms with Crippen molar-refractivity contribution in [3.63, 3.8) is 0 Å². The lowest BCUT2D eigenvalue weighted by atomic mass is 10.00. The molecule has 0 N–H and O–H groups in total. The Morgan fingerprint density at radius 1 is 1.41 bits per heavy atom. The van der Waals surface area contributed by atoms with Crippen molar-refractivity contribution in [1.29, 1.82) is 0 Å². The standard InChI is InChI=1S/C17H26N2O3/c1-5-17(21-12-14-8-6-7-10-18-14)9-11-19(13-17)15(20)22-16(2,3)4/h6-8,10H,5,9,11-13H2,1-4H3. The van der Waals surface area contributed by atoms with Gasteiger partial charge in [0.2, 0.25) is 0 Å². The van der Waals surface area contributed by atoms with Gasteiger partial charge in [-0.3, -0.25) is 4.98 Å². The van der Waals surface area contributed by atoms with E-state index < -0.39 is 5.60 Å². The van der Waals surface area contributed by atoms with Crippen LogP contribution >= 0.6 is 0 Å². The molecule has 0 radical (unpaired) electrons. The van der Waals surface area contributed by atoms with Crippen LogP contribution in [-0.2, 0) is 16.1 Å². The summed E-state index contributed by atoms with van der Waals surface area (Å²) < 4.78 is 11.6. The lowest BCUT2D eigenvalue weighted by molar-refractivity contribution is -0.0539. The summed E-state index contributed by atoms with van der Waals surface area (Å²) in [5.74, 6) is 0. The Morgan fingerprint density at radius 3 is 2.77 bits per heavy atom. The van der Waals surface area contributed by atoms with Crippen molar-refractivity contribution in [2.75, 3.05) is 13.1 Å². The highest BCUT2D eigenvalue weighted by atomic mass is 16.6. The van der Waals surface area contributed by atoms with Gasteiger partial charge in [-0.1, -0.05) is 13.0 Å². The van der Waals surface area contributed by atoms with Crippen LogP contribution in [0.5, 0.6) is 0 Å². The second-order valence-corrected chi connectivity index (χ2v) is 6.80. The molecule has 0 spiro atoms. The number of aromatic nitrogens is 1. The molecule has 1 aromatic heterocycles. The van der Waals surface area contributed by atoms with E-state index in [1.54, 1.807) is 11.1 Å². The summed E-state index contributed by atoms with van der Waals surface area (Å²) in [5.41, 5.74) is 0.142. The van der Waals surface area contributed by atoms with E-state index in [9.17, 15) is 4.79 Å². The third-order valence-corrected chi connectivity index (χ3v) is 3.86. The normalized spacial score (nSPS) is 21.9. The van der Waals surface area contributed by atoms with Gasteiger partial charge in [0.1, 0.15) is 5.60 Å². The lowest BCUT2D eigenvalue weighted by Gasteiger charge is -2.29. The van der Waals surface area contributed by atoms with Gasteiger partial charge in [0.25, 0.3) is 0 Å². The number of hydrogen-bond acceptors (Lipinski definition) is 4. The molecule has 1 aliphatic rings. The maximum atomic E-state index is 12.2. The number of likely N-dealkylation sites (tertiary alicyclic amines) is 1. The van der Waals surface area contributed by atoms with E-state index in [0.717, 1.165) is 18.5 Å². The fourth-order valence-electron chi connectivity index (χ4n) is 2.55. The number of nitrogens with zero attached hydrogens (tertiary/aromatic N) is 2. The zero-order valence-corrected chi connectivity index (χ0v) is 14.0. The summed E-state index contributed by atoms with van der Waals surface area (Å²) in [6.07, 6.45) is 3.19. The molecule has 0 aromatic carbocycles. The van der Waals surface area contributed by atoms with Gasteiger partial charge >= 0.3 is 6.09 Å². The number of carbonyl (C=O) groups is 1. The molecule has 1 fully saturated rings. The molecule has 0 saturated carbocycles. The van der Waals surface area contributed by atoms with Gasteiger partial charge < -0.3 is 14.4 Å². The van der Waals surface area contributed by atoms with E-state index in [1.807, 2.05) is 39.0 Å². The lowest BCUT2D eigenvalue weighted by Crippen LogP contribution is -2.40. The first-order chi connectivity index (χ1) is 10.3. The molecule has 1 aromatic rings. The van der Waals surface area contributed by atoms with Crippen LogP contribution < -0.4 is 0 Å². The second kappa shape index (κ2) is 6.65. The fourth-order valence-corrected chi connectivity index (χ4v) is 2.55. The Hall–Kier alpha value is -1.62. The smallest absolute Gasteiger partial charge is 0.410 e. The third-order valence-electron chi connectivity index (χ3n) is 3.86. The predicted molar refractivity (Wildman–Crippen MR) is 84.5 cm³/mol. The number of ether oxygens (including phenoxy) is 2. The van der Waals surface area contributed by atoms with Crippen LogP contribution in [0.2, 0.25) is 0 Å². The Morgan fingerprint density at radius 2 is 2.18 bits per heavy atom. The number of pyridine rings is 1. The van der Waals surface area contributed by atoms with Crippen LogP contribution in [-0.4, -0.2) is 40.3 Å². The molecule has 0 aliphatic carbocycles. The second-order valence-electron chi connectivity index (χ2n) is 6.80. The molecule has 1 atom stereocenters. The number of amides is 1. The number of rotatable bonds is 4. The quantitative estimate of drug-likeness (QED) is 0.855. The molecule has 2 rings (SSSR count). The molecule has 5 nitrogen and oxygen atoms in total. The van der Waals surface area contributed by atoms with Crippen LogP contribution in [0.25, 0.3) is 0 Å². The van der Waals surface area contributed by atoms with Gasteiger partial charge in [0, 0.05) is 12.7 Å². The van der Waals surface area contributed by atoms with Crippen LogP contribution in [0, 0.1) is 0 Å². The van der Waals surface area contributed by atoms with Crippen LogP contribution in [0.4, 0.5) is 4.79 Å². The first kappa shape index (κ1) is 16.7. The van der Waals surface area contributed by atoms with Gasteiger partial charge in [-0.25, -0.2) is 4.79 Å². The molecule has 5 heteroatoms. The van der Waals surface area contributed by atoms with Crippen LogP contribution in [0.15, 0.2) is 24.4 Å². The molecule has 122 valence electrons. The van der Waals surface area contributed by atoms with E-state index in [1.165, 1.54) is 0 Å². The van der Waals surface area contributed by atoms with E-state index in [2.05, 4.69) is 11.9 Å². The van der Waals surface area contributed by atoms with Gasteiger partial charge in [0.15, 0.2) is 0 Å². The predicted octanol–water partition coefficient (Wildman–Crippen LogP) is 3.39. The van der Waals surface area contributed by atoms with E-state index in [0.29, 0.717) is 19.7 Å². The van der Waals surface area contributed by atoms with Crippen molar-refractivity contribution in [2.24, 2.45) is 0 Å². The maximum Gasteiger partial charge on any atom is 0.410 e. The summed E-state index contributed by atoms with van der Waals surface area (Å²) in [6.45, 7) is 9.45. The van der Waals surface area contributed by atoms with Gasteiger partial charge in [-0.15, -0.1) is 0 Å². The SMILES string of the molecule is CCC1(OCc2ccccn2)CCN(C(=O)OC(C)(C)C)C1. The Labute approximate surface area is 132 Å². The van der Waals surface area contributed by atoms with E-state index in [4.69, 9.17) is 9.47 Å². The summed E-state index contributed by atoms with van der Waals surface area (Å²) in [6, 6.07) is 5.79. The minimum Gasteiger partial charge on any atom is -0.444 e. The summed E-state index contributed by atoms with van der Waals surface area (Å²) in [4.78, 5) is 18.2. The molecule has 2 heterocycles. The van der Waals surface area contributed by atoms with Crippen molar-refractivity contribution in [3.05, 3.63) is 30.1 Å². The molecule has 1 saturated heterocycles. The van der Waals surface area contributed by atoms with E-state index >= 15 is 0 Å². The first-order valence-corrected chi connectivity index (χ1v) is 7.85. The zero-order chi connectivity index (χ0) is 16.2. The highest BCUT2D eigenvalue weighted by Crippen LogP contribution is 2.30. The van der Waals surface area contributed by atoms with Crippen LogP contribution in [0.1, 0.15) is 46.2 Å². The molecular formula is C17H26N2O3. The van der Waals surface area contributed by atoms with Crippen molar-refractivity contribution < 1.29 is 14.3 Å². The molecule has 22 heavy (non-hydrogen) atoms. The highest BCUT2D eigenvalue weighted by molar-refractivity contribution is 5.68.